The second-order valence-electron chi connectivity index (χ2n) is 4.01. The first kappa shape index (κ1) is 13.5. The average Bonchev–Trinajstić information content (AvgIpc) is 2.38. The van der Waals surface area contributed by atoms with Gasteiger partial charge in [0.25, 0.3) is 0 Å². The molecule has 4 nitrogen and oxygen atoms in total. The number of nitrogens with zero attached hydrogens (tertiary/aromatic N) is 1. The lowest BCUT2D eigenvalue weighted by atomic mass is 9.97. The third-order valence-corrected chi connectivity index (χ3v) is 2.88. The maximum atomic E-state index is 11.7. The van der Waals surface area contributed by atoms with E-state index in [9.17, 15) is 9.59 Å². The van der Waals surface area contributed by atoms with Gasteiger partial charge in [0.1, 0.15) is 0 Å². The average molecular weight is 237 g/mol. The summed E-state index contributed by atoms with van der Waals surface area (Å²) < 4.78 is 4.70. The Morgan fingerprint density at radius 3 is 2.41 bits per heavy atom. The molecular weight excluding hydrogens is 218 g/mol. The molecule has 1 heterocycles. The van der Waals surface area contributed by atoms with Crippen LogP contribution in [0.15, 0.2) is 24.3 Å². The number of rotatable bonds is 3. The zero-order chi connectivity index (χ0) is 12.7. The van der Waals surface area contributed by atoms with Crippen molar-refractivity contribution < 1.29 is 14.3 Å². The largest absolute Gasteiger partial charge is 0.469 e. The van der Waals surface area contributed by atoms with Crippen LogP contribution in [0.3, 0.4) is 0 Å². The monoisotopic (exact) mass is 237 g/mol. The smallest absolute Gasteiger partial charge is 0.308 e. The van der Waals surface area contributed by atoms with Gasteiger partial charge in [-0.2, -0.15) is 0 Å². The summed E-state index contributed by atoms with van der Waals surface area (Å²) in [5.41, 5.74) is 0. The van der Waals surface area contributed by atoms with E-state index >= 15 is 0 Å². The summed E-state index contributed by atoms with van der Waals surface area (Å²) in [5, 5.41) is 0. The molecule has 1 aliphatic rings. The minimum Gasteiger partial charge on any atom is -0.469 e. The van der Waals surface area contributed by atoms with Crippen LogP contribution in [0.4, 0.5) is 0 Å². The molecule has 4 heteroatoms. The molecule has 1 fully saturated rings. The van der Waals surface area contributed by atoms with Crippen molar-refractivity contribution in [1.29, 1.82) is 0 Å². The molecule has 94 valence electrons. The van der Waals surface area contributed by atoms with Gasteiger partial charge in [0.2, 0.25) is 5.91 Å². The van der Waals surface area contributed by atoms with Crippen LogP contribution < -0.4 is 0 Å². The van der Waals surface area contributed by atoms with Gasteiger partial charge in [-0.25, -0.2) is 0 Å². The third-order valence-electron chi connectivity index (χ3n) is 2.88. The Balaban J connectivity index is 2.41. The Morgan fingerprint density at radius 2 is 1.88 bits per heavy atom. The first-order valence-electron chi connectivity index (χ1n) is 5.85. The SMILES string of the molecule is C/C=C/C=C/C(=O)N1CCC(C(=O)OC)CC1. The van der Waals surface area contributed by atoms with Crippen LogP contribution in [0.2, 0.25) is 0 Å². The fourth-order valence-corrected chi connectivity index (χ4v) is 1.86. The Bertz CT molecular complexity index is 326. The lowest BCUT2D eigenvalue weighted by Crippen LogP contribution is -2.39. The van der Waals surface area contributed by atoms with E-state index < -0.39 is 0 Å². The predicted octanol–water partition coefficient (Wildman–Crippen LogP) is 1.53. The third kappa shape index (κ3) is 4.06. The Morgan fingerprint density at radius 1 is 1.24 bits per heavy atom. The number of carbonyl (C=O) groups excluding carboxylic acids is 2. The number of hydrogen-bond donors (Lipinski definition) is 0. The lowest BCUT2D eigenvalue weighted by Gasteiger charge is -2.29. The van der Waals surface area contributed by atoms with E-state index in [1.807, 2.05) is 19.1 Å². The van der Waals surface area contributed by atoms with E-state index in [-0.39, 0.29) is 17.8 Å². The summed E-state index contributed by atoms with van der Waals surface area (Å²) in [4.78, 5) is 24.8. The molecule has 0 bridgehead atoms. The number of ether oxygens (including phenoxy) is 1. The zero-order valence-corrected chi connectivity index (χ0v) is 10.4. The number of allylic oxidation sites excluding steroid dienone is 3. The normalized spacial score (nSPS) is 17.9. The summed E-state index contributed by atoms with van der Waals surface area (Å²) in [6.45, 7) is 3.15. The molecule has 1 rings (SSSR count). The van der Waals surface area contributed by atoms with Crippen molar-refractivity contribution in [1.82, 2.24) is 4.90 Å². The molecule has 17 heavy (non-hydrogen) atoms. The molecule has 0 radical (unpaired) electrons. The van der Waals surface area contributed by atoms with Gasteiger partial charge in [-0.3, -0.25) is 9.59 Å². The van der Waals surface area contributed by atoms with Crippen molar-refractivity contribution in [3.05, 3.63) is 24.3 Å². The lowest BCUT2D eigenvalue weighted by molar-refractivity contribution is -0.148. The Hall–Kier alpha value is -1.58. The van der Waals surface area contributed by atoms with E-state index in [1.165, 1.54) is 7.11 Å². The quantitative estimate of drug-likeness (QED) is 0.425. The maximum absolute atomic E-state index is 11.7. The van der Waals surface area contributed by atoms with Gasteiger partial charge in [-0.1, -0.05) is 18.2 Å². The first-order chi connectivity index (χ1) is 8.19. The molecule has 0 saturated carbocycles. The molecule has 0 atom stereocenters. The highest BCUT2D eigenvalue weighted by atomic mass is 16.5. The van der Waals surface area contributed by atoms with Gasteiger partial charge >= 0.3 is 5.97 Å². The molecule has 1 amide bonds. The van der Waals surface area contributed by atoms with Crippen molar-refractivity contribution in [3.63, 3.8) is 0 Å². The highest BCUT2D eigenvalue weighted by molar-refractivity contribution is 5.88. The molecule has 1 saturated heterocycles. The van der Waals surface area contributed by atoms with Crippen molar-refractivity contribution in [3.8, 4) is 0 Å². The zero-order valence-electron chi connectivity index (χ0n) is 10.4. The van der Waals surface area contributed by atoms with E-state index in [4.69, 9.17) is 4.74 Å². The summed E-state index contributed by atoms with van der Waals surface area (Å²) in [6, 6.07) is 0. The number of methoxy groups -OCH3 is 1. The predicted molar refractivity (Wildman–Crippen MR) is 65.3 cm³/mol. The molecule has 0 aromatic carbocycles. The fraction of sp³-hybridized carbons (Fsp3) is 0.538. The standard InChI is InChI=1S/C13H19NO3/c1-3-4-5-6-12(15)14-9-7-11(8-10-14)13(16)17-2/h3-6,11H,7-10H2,1-2H3/b4-3+,6-5+. The van der Waals surface area contributed by atoms with E-state index in [1.54, 1.807) is 17.1 Å². The highest BCUT2D eigenvalue weighted by Crippen LogP contribution is 2.18. The number of hydrogen-bond acceptors (Lipinski definition) is 3. The first-order valence-corrected chi connectivity index (χ1v) is 5.85. The second-order valence-corrected chi connectivity index (χ2v) is 4.01. The number of likely N-dealkylation sites (tertiary alicyclic amines) is 1. The van der Waals surface area contributed by atoms with Crippen molar-refractivity contribution in [2.75, 3.05) is 20.2 Å². The minimum atomic E-state index is -0.165. The van der Waals surface area contributed by atoms with Crippen LogP contribution in [0.1, 0.15) is 19.8 Å². The molecule has 0 aliphatic carbocycles. The van der Waals surface area contributed by atoms with E-state index in [2.05, 4.69) is 0 Å². The maximum Gasteiger partial charge on any atom is 0.308 e. The molecule has 0 unspecified atom stereocenters. The van der Waals surface area contributed by atoms with Gasteiger partial charge in [0.15, 0.2) is 0 Å². The number of esters is 1. The van der Waals surface area contributed by atoms with Gasteiger partial charge in [0.05, 0.1) is 13.0 Å². The van der Waals surface area contributed by atoms with Crippen LogP contribution in [0, 0.1) is 5.92 Å². The Labute approximate surface area is 102 Å². The fourth-order valence-electron chi connectivity index (χ4n) is 1.86. The van der Waals surface area contributed by atoms with Crippen LogP contribution in [0.25, 0.3) is 0 Å². The van der Waals surface area contributed by atoms with Crippen LogP contribution in [-0.2, 0) is 14.3 Å². The topological polar surface area (TPSA) is 46.6 Å². The molecule has 0 aromatic heterocycles. The summed E-state index contributed by atoms with van der Waals surface area (Å²) >= 11 is 0. The van der Waals surface area contributed by atoms with Crippen molar-refractivity contribution in [2.45, 2.75) is 19.8 Å². The van der Waals surface area contributed by atoms with Crippen molar-refractivity contribution in [2.24, 2.45) is 5.92 Å². The number of piperidine rings is 1. The Kier molecular flexibility index (Phi) is 5.46. The molecule has 0 aromatic rings. The van der Waals surface area contributed by atoms with E-state index in [0.717, 1.165) is 0 Å². The molecular formula is C13H19NO3. The molecule has 0 spiro atoms. The second kappa shape index (κ2) is 6.89. The van der Waals surface area contributed by atoms with Gasteiger partial charge in [-0.05, 0) is 19.8 Å². The van der Waals surface area contributed by atoms with Crippen LogP contribution >= 0.6 is 0 Å². The number of amides is 1. The molecule has 0 N–H and O–H groups in total. The van der Waals surface area contributed by atoms with Gasteiger partial charge < -0.3 is 9.64 Å². The van der Waals surface area contributed by atoms with Gasteiger partial charge in [-0.15, -0.1) is 0 Å². The van der Waals surface area contributed by atoms with Crippen molar-refractivity contribution >= 4 is 11.9 Å². The molecule has 1 aliphatic heterocycles. The summed E-state index contributed by atoms with van der Waals surface area (Å²) in [7, 11) is 1.40. The highest BCUT2D eigenvalue weighted by Gasteiger charge is 2.26. The minimum absolute atomic E-state index is 0.00594. The summed E-state index contributed by atoms with van der Waals surface area (Å²) in [6.07, 6.45) is 8.35. The van der Waals surface area contributed by atoms with Crippen LogP contribution in [-0.4, -0.2) is 37.0 Å². The summed E-state index contributed by atoms with van der Waals surface area (Å²) in [5.74, 6) is -0.212. The van der Waals surface area contributed by atoms with Crippen LogP contribution in [0.5, 0.6) is 0 Å². The van der Waals surface area contributed by atoms with E-state index in [0.29, 0.717) is 25.9 Å². The van der Waals surface area contributed by atoms with Gasteiger partial charge in [0, 0.05) is 19.2 Å². The number of carbonyl (C=O) groups is 2.